The summed E-state index contributed by atoms with van der Waals surface area (Å²) in [5.41, 5.74) is 11.5. The van der Waals surface area contributed by atoms with E-state index in [-0.39, 0.29) is 17.6 Å². The van der Waals surface area contributed by atoms with Gasteiger partial charge in [0.25, 0.3) is 5.91 Å². The second-order valence-corrected chi connectivity index (χ2v) is 4.47. The Bertz CT molecular complexity index is 436. The van der Waals surface area contributed by atoms with Gasteiger partial charge in [0.2, 0.25) is 0 Å². The van der Waals surface area contributed by atoms with Gasteiger partial charge in [0.1, 0.15) is 5.82 Å². The Morgan fingerprint density at radius 3 is 2.76 bits per heavy atom. The van der Waals surface area contributed by atoms with Gasteiger partial charge in [-0.15, -0.1) is 0 Å². The third-order valence-corrected chi connectivity index (χ3v) is 3.08. The van der Waals surface area contributed by atoms with Crippen molar-refractivity contribution < 1.29 is 9.18 Å². The number of carbonyl (C=O) groups is 1. The number of rotatable bonds is 3. The predicted molar refractivity (Wildman–Crippen MR) is 64.2 cm³/mol. The summed E-state index contributed by atoms with van der Waals surface area (Å²) in [5, 5.41) is 3.24. The van der Waals surface area contributed by atoms with Gasteiger partial charge in [-0.1, -0.05) is 0 Å². The highest BCUT2D eigenvalue weighted by atomic mass is 19.1. The topological polar surface area (TPSA) is 81.1 Å². The van der Waals surface area contributed by atoms with Crippen molar-refractivity contribution >= 4 is 11.6 Å². The average molecular weight is 237 g/mol. The van der Waals surface area contributed by atoms with Crippen LogP contribution in [0, 0.1) is 5.82 Å². The maximum atomic E-state index is 13.2. The van der Waals surface area contributed by atoms with E-state index in [0.29, 0.717) is 5.69 Å². The number of nitrogens with one attached hydrogen (secondary N) is 1. The maximum Gasteiger partial charge on any atom is 0.251 e. The Balaban J connectivity index is 2.11. The van der Waals surface area contributed by atoms with Gasteiger partial charge in [0.05, 0.1) is 5.56 Å². The summed E-state index contributed by atoms with van der Waals surface area (Å²) in [4.78, 5) is 11.0. The van der Waals surface area contributed by atoms with E-state index in [1.807, 2.05) is 0 Å². The van der Waals surface area contributed by atoms with Crippen molar-refractivity contribution in [3.05, 3.63) is 29.6 Å². The summed E-state index contributed by atoms with van der Waals surface area (Å²) in [6.45, 7) is 0. The monoisotopic (exact) mass is 237 g/mol. The van der Waals surface area contributed by atoms with Crippen LogP contribution in [0.5, 0.6) is 0 Å². The maximum absolute atomic E-state index is 13.2. The standard InChI is InChI=1S/C12H16FN3O/c13-11-4-3-9(6-10(11)12(15)17)16-8-2-1-7(14)5-8/h3-4,6-8,16H,1-2,5,14H2,(H2,15,17). The molecule has 0 spiro atoms. The van der Waals surface area contributed by atoms with Crippen LogP contribution in [0.15, 0.2) is 18.2 Å². The number of benzene rings is 1. The van der Waals surface area contributed by atoms with Gasteiger partial charge in [0, 0.05) is 17.8 Å². The van der Waals surface area contributed by atoms with Gasteiger partial charge in [-0.3, -0.25) is 4.79 Å². The number of amides is 1. The first-order chi connectivity index (χ1) is 8.06. The van der Waals surface area contributed by atoms with Crippen molar-refractivity contribution in [2.24, 2.45) is 11.5 Å². The molecule has 5 N–H and O–H groups in total. The fourth-order valence-corrected chi connectivity index (χ4v) is 2.19. The third-order valence-electron chi connectivity index (χ3n) is 3.08. The van der Waals surface area contributed by atoms with Crippen LogP contribution < -0.4 is 16.8 Å². The summed E-state index contributed by atoms with van der Waals surface area (Å²) in [6, 6.07) is 4.81. The molecule has 5 heteroatoms. The Morgan fingerprint density at radius 1 is 1.41 bits per heavy atom. The lowest BCUT2D eigenvalue weighted by molar-refractivity contribution is 0.0996. The van der Waals surface area contributed by atoms with Crippen LogP contribution in [0.25, 0.3) is 0 Å². The minimum absolute atomic E-state index is 0.0858. The Kier molecular flexibility index (Phi) is 3.28. The smallest absolute Gasteiger partial charge is 0.251 e. The normalized spacial score (nSPS) is 23.6. The molecule has 4 nitrogen and oxygen atoms in total. The zero-order chi connectivity index (χ0) is 12.4. The van der Waals surface area contributed by atoms with Crippen LogP contribution in [0.4, 0.5) is 10.1 Å². The van der Waals surface area contributed by atoms with E-state index < -0.39 is 11.7 Å². The second-order valence-electron chi connectivity index (χ2n) is 4.47. The lowest BCUT2D eigenvalue weighted by atomic mass is 10.1. The molecule has 0 bridgehead atoms. The quantitative estimate of drug-likeness (QED) is 0.739. The fraction of sp³-hybridized carbons (Fsp3) is 0.417. The second kappa shape index (κ2) is 4.71. The summed E-state index contributed by atoms with van der Waals surface area (Å²) in [7, 11) is 0. The van der Waals surface area contributed by atoms with Crippen LogP contribution >= 0.6 is 0 Å². The summed E-state index contributed by atoms with van der Waals surface area (Å²) in [5.74, 6) is -1.35. The first-order valence-electron chi connectivity index (χ1n) is 5.67. The first kappa shape index (κ1) is 11.9. The molecule has 1 aromatic carbocycles. The van der Waals surface area contributed by atoms with E-state index in [9.17, 15) is 9.18 Å². The highest BCUT2D eigenvalue weighted by Gasteiger charge is 2.21. The number of nitrogens with two attached hydrogens (primary N) is 2. The molecule has 2 atom stereocenters. The number of hydrogen-bond donors (Lipinski definition) is 3. The van der Waals surface area contributed by atoms with Gasteiger partial charge < -0.3 is 16.8 Å². The number of halogens is 1. The molecular weight excluding hydrogens is 221 g/mol. The number of anilines is 1. The molecule has 92 valence electrons. The third kappa shape index (κ3) is 2.74. The van der Waals surface area contributed by atoms with Crippen molar-refractivity contribution in [3.63, 3.8) is 0 Å². The van der Waals surface area contributed by atoms with Gasteiger partial charge in [-0.2, -0.15) is 0 Å². The molecule has 1 fully saturated rings. The van der Waals surface area contributed by atoms with E-state index in [1.165, 1.54) is 12.1 Å². The minimum Gasteiger partial charge on any atom is -0.382 e. The molecule has 2 unspecified atom stereocenters. The van der Waals surface area contributed by atoms with E-state index in [1.54, 1.807) is 6.07 Å². The van der Waals surface area contributed by atoms with Crippen LogP contribution in [-0.2, 0) is 0 Å². The van der Waals surface area contributed by atoms with Crippen molar-refractivity contribution in [1.29, 1.82) is 0 Å². The van der Waals surface area contributed by atoms with Crippen molar-refractivity contribution in [2.45, 2.75) is 31.3 Å². The van der Waals surface area contributed by atoms with E-state index in [4.69, 9.17) is 11.5 Å². The Morgan fingerprint density at radius 2 is 2.18 bits per heavy atom. The molecule has 1 aliphatic carbocycles. The van der Waals surface area contributed by atoms with E-state index >= 15 is 0 Å². The first-order valence-corrected chi connectivity index (χ1v) is 5.67. The molecule has 1 aliphatic rings. The zero-order valence-corrected chi connectivity index (χ0v) is 9.45. The Hall–Kier alpha value is -1.62. The molecule has 0 saturated heterocycles. The lowest BCUT2D eigenvalue weighted by Crippen LogP contribution is -2.21. The zero-order valence-electron chi connectivity index (χ0n) is 9.45. The average Bonchev–Trinajstić information content (AvgIpc) is 2.66. The molecule has 0 aromatic heterocycles. The van der Waals surface area contributed by atoms with E-state index in [0.717, 1.165) is 19.3 Å². The van der Waals surface area contributed by atoms with Crippen molar-refractivity contribution in [3.8, 4) is 0 Å². The SMILES string of the molecule is NC(=O)c1cc(NC2CCC(N)C2)ccc1F. The molecule has 0 aliphatic heterocycles. The molecule has 1 saturated carbocycles. The molecule has 1 aromatic rings. The van der Waals surface area contributed by atoms with E-state index in [2.05, 4.69) is 5.32 Å². The van der Waals surface area contributed by atoms with Gasteiger partial charge in [0.15, 0.2) is 0 Å². The van der Waals surface area contributed by atoms with Crippen LogP contribution in [0.1, 0.15) is 29.6 Å². The van der Waals surface area contributed by atoms with Crippen LogP contribution in [-0.4, -0.2) is 18.0 Å². The summed E-state index contributed by atoms with van der Waals surface area (Å²) in [6.07, 6.45) is 2.87. The summed E-state index contributed by atoms with van der Waals surface area (Å²) < 4.78 is 13.2. The summed E-state index contributed by atoms with van der Waals surface area (Å²) >= 11 is 0. The van der Waals surface area contributed by atoms with Crippen molar-refractivity contribution in [2.75, 3.05) is 5.32 Å². The highest BCUT2D eigenvalue weighted by molar-refractivity contribution is 5.94. The lowest BCUT2D eigenvalue weighted by Gasteiger charge is -2.14. The van der Waals surface area contributed by atoms with Gasteiger partial charge >= 0.3 is 0 Å². The molecular formula is C12H16FN3O. The Labute approximate surface area is 99.2 Å². The molecule has 1 amide bonds. The largest absolute Gasteiger partial charge is 0.382 e. The van der Waals surface area contributed by atoms with Crippen LogP contribution in [0.2, 0.25) is 0 Å². The predicted octanol–water partition coefficient (Wildman–Crippen LogP) is 1.22. The van der Waals surface area contributed by atoms with Gasteiger partial charge in [-0.05, 0) is 37.5 Å². The number of primary amides is 1. The number of hydrogen-bond acceptors (Lipinski definition) is 3. The van der Waals surface area contributed by atoms with Gasteiger partial charge in [-0.25, -0.2) is 4.39 Å². The molecule has 2 rings (SSSR count). The minimum atomic E-state index is -0.755. The number of carbonyl (C=O) groups excluding carboxylic acids is 1. The fourth-order valence-electron chi connectivity index (χ4n) is 2.19. The molecule has 17 heavy (non-hydrogen) atoms. The van der Waals surface area contributed by atoms with Crippen LogP contribution in [0.3, 0.4) is 0 Å². The highest BCUT2D eigenvalue weighted by Crippen LogP contribution is 2.23. The molecule has 0 heterocycles. The van der Waals surface area contributed by atoms with Crippen molar-refractivity contribution in [1.82, 2.24) is 0 Å². The molecule has 0 radical (unpaired) electrons.